The Kier molecular flexibility index (Phi) is 5.76. The van der Waals surface area contributed by atoms with Crippen LogP contribution in [0.15, 0.2) is 42.6 Å². The third-order valence-electron chi connectivity index (χ3n) is 7.71. The predicted octanol–water partition coefficient (Wildman–Crippen LogP) is 3.24. The summed E-state index contributed by atoms with van der Waals surface area (Å²) in [5, 5.41) is 3.45. The van der Waals surface area contributed by atoms with Crippen molar-refractivity contribution in [2.24, 2.45) is 5.92 Å². The molecule has 7 heteroatoms. The number of nitrogens with zero attached hydrogens (tertiary/aromatic N) is 5. The first-order chi connectivity index (χ1) is 15.5. The number of carbonyl (C=O) groups is 1. The minimum atomic E-state index is -0.101. The molecule has 1 aromatic heterocycles. The Balaban J connectivity index is 1.24. The first-order valence-corrected chi connectivity index (χ1v) is 12.0. The van der Waals surface area contributed by atoms with Crippen molar-refractivity contribution in [2.75, 3.05) is 44.2 Å². The van der Waals surface area contributed by atoms with E-state index in [2.05, 4.69) is 46.1 Å². The molecule has 32 heavy (non-hydrogen) atoms. The summed E-state index contributed by atoms with van der Waals surface area (Å²) in [4.78, 5) is 29.3. The molecule has 4 aliphatic rings. The van der Waals surface area contributed by atoms with Gasteiger partial charge in [0, 0.05) is 49.5 Å². The Bertz CT molecular complexity index is 944. The Labute approximate surface area is 190 Å². The molecule has 0 saturated carbocycles. The molecule has 0 radical (unpaired) electrons. The molecule has 7 nitrogen and oxygen atoms in total. The number of anilines is 1. The van der Waals surface area contributed by atoms with Gasteiger partial charge in [-0.15, -0.1) is 0 Å². The maximum absolute atomic E-state index is 13.2. The van der Waals surface area contributed by atoms with Crippen LogP contribution >= 0.6 is 0 Å². The number of piperazine rings is 1. The van der Waals surface area contributed by atoms with E-state index in [-0.39, 0.29) is 17.6 Å². The molecule has 2 aromatic rings. The summed E-state index contributed by atoms with van der Waals surface area (Å²) in [5.41, 5.74) is 1.91. The van der Waals surface area contributed by atoms with E-state index in [1.807, 2.05) is 35.4 Å². The number of urea groups is 1. The maximum atomic E-state index is 13.2. The number of nitrogens with one attached hydrogen (secondary N) is 1. The topological polar surface area (TPSA) is 64.6 Å². The summed E-state index contributed by atoms with van der Waals surface area (Å²) in [5.74, 6) is 1.32. The Morgan fingerprint density at radius 3 is 2.59 bits per heavy atom. The summed E-state index contributed by atoms with van der Waals surface area (Å²) < 4.78 is 0. The number of amides is 2. The van der Waals surface area contributed by atoms with Gasteiger partial charge in [-0.3, -0.25) is 0 Å². The summed E-state index contributed by atoms with van der Waals surface area (Å²) in [6, 6.07) is 12.4. The highest BCUT2D eigenvalue weighted by Gasteiger charge is 2.42. The number of rotatable bonds is 3. The highest BCUT2D eigenvalue weighted by atomic mass is 16.2. The fourth-order valence-corrected chi connectivity index (χ4v) is 5.57. The number of benzene rings is 1. The number of carbonyl (C=O) groups excluding carboxylic acids is 1. The molecule has 4 fully saturated rings. The van der Waals surface area contributed by atoms with E-state index < -0.39 is 0 Å². The molecule has 0 aliphatic carbocycles. The standard InChI is InChI=1S/C25H34N6O/c1-19-18-30(24(32)28-25(2)11-15-29-13-9-21(25)10-14-29)16-17-31(19)23-26-12-8-22(27-23)20-6-4-3-5-7-20/h3-8,12,19,21H,9-11,13-18H2,1-2H3,(H,28,32)/t19-,25?/m0/s1. The molecule has 1 N–H and O–H groups in total. The van der Waals surface area contributed by atoms with Crippen LogP contribution in [-0.2, 0) is 0 Å². The van der Waals surface area contributed by atoms with E-state index in [0.717, 1.165) is 36.7 Å². The van der Waals surface area contributed by atoms with E-state index in [1.165, 1.54) is 25.9 Å². The quantitative estimate of drug-likeness (QED) is 0.804. The molecule has 2 atom stereocenters. The van der Waals surface area contributed by atoms with Gasteiger partial charge in [-0.1, -0.05) is 30.3 Å². The minimum absolute atomic E-state index is 0.0818. The Morgan fingerprint density at radius 1 is 1.06 bits per heavy atom. The first-order valence-electron chi connectivity index (χ1n) is 12.0. The lowest BCUT2D eigenvalue weighted by Gasteiger charge is -2.43. The molecule has 1 unspecified atom stereocenters. The molecule has 2 bridgehead atoms. The van der Waals surface area contributed by atoms with Crippen LogP contribution in [0.25, 0.3) is 11.3 Å². The van der Waals surface area contributed by atoms with Crippen molar-refractivity contribution < 1.29 is 4.79 Å². The Hall–Kier alpha value is -2.67. The summed E-state index contributed by atoms with van der Waals surface area (Å²) >= 11 is 0. The van der Waals surface area contributed by atoms with Crippen LogP contribution in [-0.4, -0.2) is 76.6 Å². The van der Waals surface area contributed by atoms with Gasteiger partial charge in [-0.25, -0.2) is 14.8 Å². The molecular weight excluding hydrogens is 400 g/mol. The lowest BCUT2D eigenvalue weighted by Crippen LogP contribution is -2.61. The third kappa shape index (κ3) is 4.18. The summed E-state index contributed by atoms with van der Waals surface area (Å²) in [6.07, 6.45) is 5.25. The molecule has 4 aliphatic heterocycles. The van der Waals surface area contributed by atoms with Gasteiger partial charge in [0.2, 0.25) is 5.95 Å². The molecule has 2 amide bonds. The van der Waals surface area contributed by atoms with Crippen LogP contribution in [0.2, 0.25) is 0 Å². The number of hydrogen-bond acceptors (Lipinski definition) is 5. The summed E-state index contributed by atoms with van der Waals surface area (Å²) in [6.45, 7) is 9.95. The van der Waals surface area contributed by atoms with Crippen molar-refractivity contribution in [3.05, 3.63) is 42.6 Å². The lowest BCUT2D eigenvalue weighted by atomic mass is 9.79. The fraction of sp³-hybridized carbons (Fsp3) is 0.560. The molecule has 4 saturated heterocycles. The van der Waals surface area contributed by atoms with Gasteiger partial charge < -0.3 is 20.0 Å². The van der Waals surface area contributed by atoms with Crippen LogP contribution in [0.4, 0.5) is 10.7 Å². The summed E-state index contributed by atoms with van der Waals surface area (Å²) in [7, 11) is 0. The highest BCUT2D eigenvalue weighted by molar-refractivity contribution is 5.75. The van der Waals surface area contributed by atoms with Gasteiger partial charge in [-0.2, -0.15) is 0 Å². The second-order valence-corrected chi connectivity index (χ2v) is 9.81. The Morgan fingerprint density at radius 2 is 1.84 bits per heavy atom. The second kappa shape index (κ2) is 8.70. The van der Waals surface area contributed by atoms with Gasteiger partial charge in [0.05, 0.1) is 5.69 Å². The zero-order valence-corrected chi connectivity index (χ0v) is 19.2. The number of piperidine rings is 1. The van der Waals surface area contributed by atoms with E-state index in [9.17, 15) is 4.79 Å². The highest BCUT2D eigenvalue weighted by Crippen LogP contribution is 2.35. The largest absolute Gasteiger partial charge is 0.335 e. The third-order valence-corrected chi connectivity index (χ3v) is 7.71. The molecule has 6 rings (SSSR count). The van der Waals surface area contributed by atoms with E-state index >= 15 is 0 Å². The van der Waals surface area contributed by atoms with Crippen molar-refractivity contribution in [1.29, 1.82) is 0 Å². The normalized spacial score (nSPS) is 30.1. The van der Waals surface area contributed by atoms with Crippen molar-refractivity contribution >= 4 is 12.0 Å². The van der Waals surface area contributed by atoms with E-state index in [4.69, 9.17) is 4.98 Å². The lowest BCUT2D eigenvalue weighted by molar-refractivity contribution is 0.148. The van der Waals surface area contributed by atoms with Gasteiger partial charge in [0.15, 0.2) is 0 Å². The van der Waals surface area contributed by atoms with E-state index in [1.54, 1.807) is 0 Å². The SMILES string of the molecule is C[C@H]1CN(C(=O)NC2(C)CCN3CCC2CC3)CCN1c1nccc(-c2ccccc2)n1. The second-order valence-electron chi connectivity index (χ2n) is 9.81. The van der Waals surface area contributed by atoms with Crippen molar-refractivity contribution in [3.63, 3.8) is 0 Å². The van der Waals surface area contributed by atoms with Crippen molar-refractivity contribution in [2.45, 2.75) is 44.7 Å². The van der Waals surface area contributed by atoms with E-state index in [0.29, 0.717) is 19.0 Å². The average Bonchev–Trinajstić information content (AvgIpc) is 3.08. The molecule has 170 valence electrons. The number of hydrogen-bond donors (Lipinski definition) is 1. The van der Waals surface area contributed by atoms with Gasteiger partial charge in [0.1, 0.15) is 0 Å². The zero-order valence-electron chi connectivity index (χ0n) is 19.2. The van der Waals surface area contributed by atoms with Crippen molar-refractivity contribution in [3.8, 4) is 11.3 Å². The number of aromatic nitrogens is 2. The van der Waals surface area contributed by atoms with Crippen LogP contribution in [0.3, 0.4) is 0 Å². The number of fused-ring (bicyclic) bond motifs is 4. The molecule has 1 aromatic carbocycles. The van der Waals surface area contributed by atoms with Crippen LogP contribution in [0.1, 0.15) is 33.1 Å². The average molecular weight is 435 g/mol. The van der Waals surface area contributed by atoms with Crippen LogP contribution < -0.4 is 10.2 Å². The molecule has 0 spiro atoms. The van der Waals surface area contributed by atoms with Crippen LogP contribution in [0, 0.1) is 5.92 Å². The first kappa shape index (κ1) is 21.2. The minimum Gasteiger partial charge on any atom is -0.335 e. The van der Waals surface area contributed by atoms with Crippen molar-refractivity contribution in [1.82, 2.24) is 25.1 Å². The molecule has 5 heterocycles. The van der Waals surface area contributed by atoms with Gasteiger partial charge in [0.25, 0.3) is 0 Å². The zero-order chi connectivity index (χ0) is 22.1. The monoisotopic (exact) mass is 434 g/mol. The fourth-order valence-electron chi connectivity index (χ4n) is 5.57. The molecular formula is C25H34N6O. The maximum Gasteiger partial charge on any atom is 0.317 e. The van der Waals surface area contributed by atoms with Crippen LogP contribution in [0.5, 0.6) is 0 Å². The van der Waals surface area contributed by atoms with Gasteiger partial charge in [-0.05, 0) is 58.2 Å². The smallest absolute Gasteiger partial charge is 0.317 e. The predicted molar refractivity (Wildman–Crippen MR) is 127 cm³/mol. The van der Waals surface area contributed by atoms with Gasteiger partial charge >= 0.3 is 6.03 Å².